The van der Waals surface area contributed by atoms with E-state index in [1.165, 1.54) is 4.31 Å². The molecule has 0 fully saturated rings. The Bertz CT molecular complexity index is 375. The van der Waals surface area contributed by atoms with Crippen LogP contribution in [0.25, 0.3) is 0 Å². The molecule has 0 saturated carbocycles. The molecule has 0 aromatic carbocycles. The Labute approximate surface area is 103 Å². The summed E-state index contributed by atoms with van der Waals surface area (Å²) in [6.45, 7) is 3.98. The van der Waals surface area contributed by atoms with E-state index in [-0.39, 0.29) is 10.8 Å². The molecule has 3 nitrogen and oxygen atoms in total. The Kier molecular flexibility index (Phi) is 5.02. The first-order chi connectivity index (χ1) is 7.42. The van der Waals surface area contributed by atoms with Gasteiger partial charge in [-0.05, 0) is 25.2 Å². The van der Waals surface area contributed by atoms with E-state index < -0.39 is 10.0 Å². The largest absolute Gasteiger partial charge is 0.218 e. The fourth-order valence-electron chi connectivity index (χ4n) is 1.81. The highest BCUT2D eigenvalue weighted by molar-refractivity contribution is 7.89. The molecule has 0 N–H and O–H groups in total. The van der Waals surface area contributed by atoms with Gasteiger partial charge in [-0.25, -0.2) is 12.7 Å². The molecule has 16 heavy (non-hydrogen) atoms. The van der Waals surface area contributed by atoms with Gasteiger partial charge in [0.2, 0.25) is 10.0 Å². The van der Waals surface area contributed by atoms with Crippen LogP contribution in [-0.4, -0.2) is 32.1 Å². The topological polar surface area (TPSA) is 37.4 Å². The van der Waals surface area contributed by atoms with E-state index in [9.17, 15) is 8.42 Å². The van der Waals surface area contributed by atoms with E-state index in [1.54, 1.807) is 7.05 Å². The monoisotopic (exact) mass is 263 g/mol. The van der Waals surface area contributed by atoms with Crippen molar-refractivity contribution in [3.63, 3.8) is 0 Å². The lowest BCUT2D eigenvalue weighted by molar-refractivity contribution is 0.363. The van der Waals surface area contributed by atoms with Crippen molar-refractivity contribution in [2.45, 2.75) is 19.3 Å². The van der Waals surface area contributed by atoms with E-state index in [1.807, 2.05) is 0 Å². The van der Waals surface area contributed by atoms with Gasteiger partial charge in [-0.1, -0.05) is 30.3 Å². The van der Waals surface area contributed by atoms with Gasteiger partial charge in [-0.3, -0.25) is 0 Å². The van der Waals surface area contributed by atoms with Crippen LogP contribution < -0.4 is 0 Å². The Balaban J connectivity index is 2.53. The Hall–Kier alpha value is -0.320. The second kappa shape index (κ2) is 5.84. The third kappa shape index (κ3) is 4.28. The first-order valence-corrected chi connectivity index (χ1v) is 7.33. The molecule has 0 aliphatic heterocycles. The van der Waals surface area contributed by atoms with Gasteiger partial charge in [-0.15, -0.1) is 0 Å². The van der Waals surface area contributed by atoms with Crippen molar-refractivity contribution in [1.29, 1.82) is 0 Å². The zero-order valence-electron chi connectivity index (χ0n) is 9.52. The molecule has 1 aliphatic carbocycles. The number of sulfonamides is 1. The molecule has 1 aliphatic rings. The molecule has 5 heteroatoms. The summed E-state index contributed by atoms with van der Waals surface area (Å²) in [6, 6.07) is 0. The first kappa shape index (κ1) is 13.7. The van der Waals surface area contributed by atoms with E-state index in [4.69, 9.17) is 11.6 Å². The summed E-state index contributed by atoms with van der Waals surface area (Å²) < 4.78 is 24.9. The van der Waals surface area contributed by atoms with Gasteiger partial charge in [0.15, 0.2) is 0 Å². The maximum absolute atomic E-state index is 11.8. The Morgan fingerprint density at radius 2 is 2.25 bits per heavy atom. The van der Waals surface area contributed by atoms with Gasteiger partial charge < -0.3 is 0 Å². The third-order valence-corrected chi connectivity index (χ3v) is 4.81. The second-order valence-electron chi connectivity index (χ2n) is 4.20. The summed E-state index contributed by atoms with van der Waals surface area (Å²) in [7, 11) is -1.68. The lowest BCUT2D eigenvalue weighted by Gasteiger charge is -2.24. The molecule has 92 valence electrons. The number of halogens is 1. The molecule has 1 rings (SSSR count). The molecular weight excluding hydrogens is 246 g/mol. The van der Waals surface area contributed by atoms with Gasteiger partial charge in [0, 0.05) is 18.6 Å². The van der Waals surface area contributed by atoms with Crippen LogP contribution in [0.2, 0.25) is 0 Å². The fraction of sp³-hybridized carbons (Fsp3) is 0.636. The predicted molar refractivity (Wildman–Crippen MR) is 67.9 cm³/mol. The summed E-state index contributed by atoms with van der Waals surface area (Å²) in [5.74, 6) is 0.251. The zero-order chi connectivity index (χ0) is 12.2. The quantitative estimate of drug-likeness (QED) is 0.714. The Morgan fingerprint density at radius 1 is 1.56 bits per heavy atom. The SMILES string of the molecule is C=C(Cl)CS(=O)(=O)N(C)C[C@@H]1CC=CCC1. The minimum Gasteiger partial charge on any atom is -0.212 e. The smallest absolute Gasteiger partial charge is 0.212 e. The molecule has 0 aromatic heterocycles. The van der Waals surface area contributed by atoms with Gasteiger partial charge >= 0.3 is 0 Å². The molecule has 0 radical (unpaired) electrons. The number of nitrogens with zero attached hydrogens (tertiary/aromatic N) is 1. The van der Waals surface area contributed by atoms with Gasteiger partial charge in [0.1, 0.15) is 0 Å². The van der Waals surface area contributed by atoms with Crippen molar-refractivity contribution in [2.75, 3.05) is 19.3 Å². The molecule has 0 saturated heterocycles. The van der Waals surface area contributed by atoms with Gasteiger partial charge in [-0.2, -0.15) is 0 Å². The molecular formula is C11H18ClNO2S. The highest BCUT2D eigenvalue weighted by atomic mass is 35.5. The fourth-order valence-corrected chi connectivity index (χ4v) is 3.28. The maximum atomic E-state index is 11.8. The molecule has 0 spiro atoms. The van der Waals surface area contributed by atoms with Gasteiger partial charge in [0.25, 0.3) is 0 Å². The number of hydrogen-bond acceptors (Lipinski definition) is 2. The average Bonchev–Trinajstić information content (AvgIpc) is 2.17. The predicted octanol–water partition coefficient (Wildman–Crippen LogP) is 2.36. The normalized spacial score (nSPS) is 21.3. The summed E-state index contributed by atoms with van der Waals surface area (Å²) in [6.07, 6.45) is 7.32. The minimum absolute atomic E-state index is 0.162. The van der Waals surface area contributed by atoms with Crippen LogP contribution in [0, 0.1) is 5.92 Å². The van der Waals surface area contributed by atoms with Crippen LogP contribution in [0.4, 0.5) is 0 Å². The third-order valence-electron chi connectivity index (χ3n) is 2.71. The van der Waals surface area contributed by atoms with E-state index in [0.29, 0.717) is 12.5 Å². The van der Waals surface area contributed by atoms with Crippen LogP contribution in [0.3, 0.4) is 0 Å². The summed E-state index contributed by atoms with van der Waals surface area (Å²) in [4.78, 5) is 0. The van der Waals surface area contributed by atoms with Crippen LogP contribution in [0.1, 0.15) is 19.3 Å². The molecule has 0 bridgehead atoms. The van der Waals surface area contributed by atoms with E-state index >= 15 is 0 Å². The minimum atomic E-state index is -3.28. The molecule has 0 heterocycles. The van der Waals surface area contributed by atoms with Crippen molar-refractivity contribution in [1.82, 2.24) is 4.31 Å². The van der Waals surface area contributed by atoms with Crippen molar-refractivity contribution >= 4 is 21.6 Å². The van der Waals surface area contributed by atoms with Crippen molar-refractivity contribution < 1.29 is 8.42 Å². The summed E-state index contributed by atoms with van der Waals surface area (Å²) >= 11 is 5.54. The van der Waals surface area contributed by atoms with E-state index in [0.717, 1.165) is 19.3 Å². The van der Waals surface area contributed by atoms with Crippen molar-refractivity contribution in [3.05, 3.63) is 23.8 Å². The number of hydrogen-bond donors (Lipinski definition) is 0. The van der Waals surface area contributed by atoms with Crippen LogP contribution >= 0.6 is 11.6 Å². The highest BCUT2D eigenvalue weighted by Crippen LogP contribution is 2.20. The van der Waals surface area contributed by atoms with E-state index in [2.05, 4.69) is 18.7 Å². The standard InChI is InChI=1S/C11H18ClNO2S/c1-10(12)9-16(14,15)13(2)8-11-6-4-3-5-7-11/h3-4,11H,1,5-9H2,2H3/t11-/m1/s1. The van der Waals surface area contributed by atoms with Gasteiger partial charge in [0.05, 0.1) is 5.75 Å². The van der Waals surface area contributed by atoms with Crippen molar-refractivity contribution in [3.8, 4) is 0 Å². The zero-order valence-corrected chi connectivity index (χ0v) is 11.1. The lowest BCUT2D eigenvalue weighted by atomic mass is 9.95. The molecule has 1 atom stereocenters. The highest BCUT2D eigenvalue weighted by Gasteiger charge is 2.22. The van der Waals surface area contributed by atoms with Crippen molar-refractivity contribution in [2.24, 2.45) is 5.92 Å². The van der Waals surface area contributed by atoms with Crippen LogP contribution in [0.5, 0.6) is 0 Å². The lowest BCUT2D eigenvalue weighted by Crippen LogP contribution is -2.34. The van der Waals surface area contributed by atoms with Crippen LogP contribution in [0.15, 0.2) is 23.8 Å². The summed E-state index contributed by atoms with van der Waals surface area (Å²) in [5.41, 5.74) is 0. The summed E-state index contributed by atoms with van der Waals surface area (Å²) in [5, 5.41) is 0.162. The number of rotatable bonds is 5. The molecule has 0 aromatic rings. The average molecular weight is 264 g/mol. The first-order valence-electron chi connectivity index (χ1n) is 5.34. The second-order valence-corrected chi connectivity index (χ2v) is 6.81. The number of allylic oxidation sites excluding steroid dienone is 2. The molecule has 0 unspecified atom stereocenters. The maximum Gasteiger partial charge on any atom is 0.218 e. The molecule has 0 amide bonds. The van der Waals surface area contributed by atoms with Crippen LogP contribution in [-0.2, 0) is 10.0 Å². The Morgan fingerprint density at radius 3 is 2.75 bits per heavy atom.